The van der Waals surface area contributed by atoms with Crippen LogP contribution in [0.25, 0.3) is 0 Å². The van der Waals surface area contributed by atoms with Crippen molar-refractivity contribution in [3.63, 3.8) is 0 Å². The van der Waals surface area contributed by atoms with Crippen LogP contribution in [-0.2, 0) is 0 Å². The molecule has 0 saturated heterocycles. The molecule has 1 aromatic heterocycles. The summed E-state index contributed by atoms with van der Waals surface area (Å²) in [5.74, 6) is -0.743. The number of hydrogen-bond acceptors (Lipinski definition) is 4. The van der Waals surface area contributed by atoms with Crippen molar-refractivity contribution in [2.24, 2.45) is 0 Å². The van der Waals surface area contributed by atoms with Gasteiger partial charge in [0.25, 0.3) is 0 Å². The maximum Gasteiger partial charge on any atom is 0.310 e. The maximum absolute atomic E-state index is 12.9. The van der Waals surface area contributed by atoms with E-state index in [-0.39, 0.29) is 17.2 Å². The van der Waals surface area contributed by atoms with E-state index in [1.165, 1.54) is 24.3 Å². The Hall–Kier alpha value is -2.30. The van der Waals surface area contributed by atoms with Gasteiger partial charge in [-0.15, -0.1) is 11.3 Å². The summed E-state index contributed by atoms with van der Waals surface area (Å²) in [6, 6.07) is 5.69. The van der Waals surface area contributed by atoms with Gasteiger partial charge in [-0.3, -0.25) is 0 Å². The van der Waals surface area contributed by atoms with Gasteiger partial charge in [-0.2, -0.15) is 10.5 Å². The van der Waals surface area contributed by atoms with Gasteiger partial charge in [0, 0.05) is 6.07 Å². The Kier molecular flexibility index (Phi) is 3.18. The van der Waals surface area contributed by atoms with Crippen LogP contribution in [-0.4, -0.2) is 0 Å². The van der Waals surface area contributed by atoms with E-state index in [2.05, 4.69) is 0 Å². The third-order valence-electron chi connectivity index (χ3n) is 2.46. The molecule has 0 N–H and O–H groups in total. The number of hydrogen-bond donors (Lipinski definition) is 0. The number of benzene rings is 1. The van der Waals surface area contributed by atoms with Crippen LogP contribution >= 0.6 is 21.6 Å². The van der Waals surface area contributed by atoms with Gasteiger partial charge in [-0.1, -0.05) is 19.4 Å². The molecule has 2 rings (SSSR count). The average Bonchev–Trinajstić information content (AvgIpc) is 2.87. The first-order valence-corrected chi connectivity index (χ1v) is 8.21. The van der Waals surface area contributed by atoms with Crippen LogP contribution in [0.2, 0.25) is 0 Å². The van der Waals surface area contributed by atoms with E-state index >= 15 is 0 Å². The van der Waals surface area contributed by atoms with E-state index in [0.717, 1.165) is 11.3 Å². The van der Waals surface area contributed by atoms with Crippen molar-refractivity contribution in [3.05, 3.63) is 40.8 Å². The van der Waals surface area contributed by atoms with Crippen molar-refractivity contribution in [2.45, 2.75) is 4.90 Å². The lowest BCUT2D eigenvalue weighted by atomic mass is 10.1. The van der Waals surface area contributed by atoms with Crippen LogP contribution in [0.15, 0.2) is 34.5 Å². The molecule has 0 aliphatic heterocycles. The fourth-order valence-corrected chi connectivity index (χ4v) is 2.78. The molecular weight excluding hydrogens is 347 g/mol. The monoisotopic (exact) mass is 352 g/mol. The third kappa shape index (κ3) is 3.30. The Balaban J connectivity index is 2.73. The van der Waals surface area contributed by atoms with Crippen molar-refractivity contribution < 1.29 is 24.2 Å². The van der Waals surface area contributed by atoms with Crippen molar-refractivity contribution in [1.29, 1.82) is 10.5 Å². The second kappa shape index (κ2) is 4.35. The Bertz CT molecular complexity index is 817. The highest BCUT2D eigenvalue weighted by molar-refractivity contribution is 8.45. The van der Waals surface area contributed by atoms with Gasteiger partial charge in [-0.25, -0.2) is 0 Å². The van der Waals surface area contributed by atoms with Crippen molar-refractivity contribution in [3.8, 4) is 23.0 Å². The number of rotatable bonds is 3. The molecule has 0 aliphatic rings. The molecule has 1 heterocycles. The third-order valence-corrected chi connectivity index (χ3v) is 4.33. The van der Waals surface area contributed by atoms with E-state index < -0.39 is 32.0 Å². The predicted octanol–water partition coefficient (Wildman–Crippen LogP) is 5.94. The Labute approximate surface area is 125 Å². The molecule has 3 nitrogen and oxygen atoms in total. The zero-order valence-electron chi connectivity index (χ0n) is 10.4. The smallest absolute Gasteiger partial charge is 0.310 e. The molecule has 0 radical (unpaired) electrons. The predicted molar refractivity (Wildman–Crippen MR) is 71.7 cm³/mol. The lowest BCUT2D eigenvalue weighted by Crippen LogP contribution is -2.07. The van der Waals surface area contributed by atoms with E-state index in [1.807, 2.05) is 0 Å². The van der Waals surface area contributed by atoms with Crippen LogP contribution in [0.3, 0.4) is 0 Å². The van der Waals surface area contributed by atoms with Crippen LogP contribution < -0.4 is 4.74 Å². The summed E-state index contributed by atoms with van der Waals surface area (Å²) in [7, 11) is -10.0. The van der Waals surface area contributed by atoms with Gasteiger partial charge in [-0.05, 0) is 23.6 Å². The van der Waals surface area contributed by atoms with Crippen molar-refractivity contribution in [2.75, 3.05) is 0 Å². The second-order valence-corrected chi connectivity index (χ2v) is 7.39. The van der Waals surface area contributed by atoms with Gasteiger partial charge in [0.1, 0.15) is 28.3 Å². The van der Waals surface area contributed by atoms with Gasteiger partial charge >= 0.3 is 10.2 Å². The number of ether oxygens (including phenoxy) is 1. The summed E-state index contributed by atoms with van der Waals surface area (Å²) < 4.78 is 69.6. The molecule has 2 aromatic rings. The minimum Gasteiger partial charge on any atom is -0.445 e. The van der Waals surface area contributed by atoms with Crippen molar-refractivity contribution >= 4 is 21.6 Å². The van der Waals surface area contributed by atoms with Crippen LogP contribution in [0.4, 0.5) is 19.4 Å². The molecule has 0 fully saturated rings. The van der Waals surface area contributed by atoms with E-state index in [4.69, 9.17) is 15.3 Å². The summed E-state index contributed by atoms with van der Waals surface area (Å²) in [5, 5.41) is 19.4. The van der Waals surface area contributed by atoms with E-state index in [9.17, 15) is 19.4 Å². The van der Waals surface area contributed by atoms with Gasteiger partial charge in [0.15, 0.2) is 5.06 Å². The van der Waals surface area contributed by atoms with Crippen LogP contribution in [0.5, 0.6) is 10.8 Å². The number of nitrogens with zero attached hydrogens (tertiary/aromatic N) is 2. The molecule has 0 spiro atoms. The first-order valence-electron chi connectivity index (χ1n) is 5.38. The molecule has 0 saturated carbocycles. The molecule has 1 aromatic carbocycles. The molecule has 10 heteroatoms. The minimum atomic E-state index is -10.0. The summed E-state index contributed by atoms with van der Waals surface area (Å²) >= 11 is 0.988. The van der Waals surface area contributed by atoms with Gasteiger partial charge < -0.3 is 4.74 Å². The van der Waals surface area contributed by atoms with Crippen molar-refractivity contribution in [1.82, 2.24) is 0 Å². The standard InChI is InChI=1S/C12H5F5N2OS2/c13-22(14,15,16,17)9-4-8(6-18)10(7-19)11(5-9)20-12-2-1-3-21-12/h1-5H. The first kappa shape index (κ1) is 16.1. The zero-order chi connectivity index (χ0) is 16.7. The highest BCUT2D eigenvalue weighted by atomic mass is 32.5. The summed E-state index contributed by atoms with van der Waals surface area (Å²) in [4.78, 5) is -2.28. The van der Waals surface area contributed by atoms with Crippen LogP contribution in [0, 0.1) is 22.7 Å². The molecule has 0 atom stereocenters. The minimum absolute atomic E-state index is 0.0403. The van der Waals surface area contributed by atoms with Gasteiger partial charge in [0.05, 0.1) is 5.56 Å². The quantitative estimate of drug-likeness (QED) is 0.642. The number of nitriles is 2. The normalized spacial score (nSPS) is 14.3. The van der Waals surface area contributed by atoms with E-state index in [1.54, 1.807) is 5.38 Å². The highest BCUT2D eigenvalue weighted by Gasteiger charge is 2.65. The van der Waals surface area contributed by atoms with E-state index in [0.29, 0.717) is 0 Å². The number of halogens is 5. The first-order chi connectivity index (χ1) is 9.94. The van der Waals surface area contributed by atoms with Crippen LogP contribution in [0.1, 0.15) is 11.1 Å². The molecule has 22 heavy (non-hydrogen) atoms. The topological polar surface area (TPSA) is 56.8 Å². The SMILES string of the molecule is N#Cc1cc(S(F)(F)(F)(F)F)cc(Oc2cccs2)c1C#N. The highest BCUT2D eigenvalue weighted by Crippen LogP contribution is 3.02. The maximum atomic E-state index is 12.9. The average molecular weight is 352 g/mol. The molecule has 116 valence electrons. The molecular formula is C12H5F5N2OS2. The summed E-state index contributed by atoms with van der Waals surface area (Å²) in [6.07, 6.45) is 0. The Morgan fingerprint density at radius 2 is 1.73 bits per heavy atom. The molecule has 0 aliphatic carbocycles. The number of thiophene rings is 1. The van der Waals surface area contributed by atoms with Gasteiger partial charge in [0.2, 0.25) is 0 Å². The Morgan fingerprint density at radius 3 is 2.18 bits per heavy atom. The Morgan fingerprint density at radius 1 is 1.05 bits per heavy atom. The molecule has 0 unspecified atom stereocenters. The molecule has 0 amide bonds. The zero-order valence-corrected chi connectivity index (χ0v) is 12.0. The lowest BCUT2D eigenvalue weighted by molar-refractivity contribution is 0.362. The fraction of sp³-hybridized carbons (Fsp3) is 0. The summed E-state index contributed by atoms with van der Waals surface area (Å²) in [5.41, 5.74) is -1.37. The fourth-order valence-electron chi connectivity index (χ4n) is 1.53. The lowest BCUT2D eigenvalue weighted by Gasteiger charge is -2.40. The summed E-state index contributed by atoms with van der Waals surface area (Å²) in [6.45, 7) is 0. The second-order valence-electron chi connectivity index (χ2n) is 4.07. The largest absolute Gasteiger partial charge is 0.445 e. The molecule has 0 bridgehead atoms.